The first-order valence-corrected chi connectivity index (χ1v) is 8.92. The highest BCUT2D eigenvalue weighted by Gasteiger charge is 2.14. The van der Waals surface area contributed by atoms with Gasteiger partial charge in [-0.25, -0.2) is 0 Å². The second-order valence-electron chi connectivity index (χ2n) is 5.56. The molecule has 6 nitrogen and oxygen atoms in total. The van der Waals surface area contributed by atoms with Crippen LogP contribution in [0.25, 0.3) is 0 Å². The van der Waals surface area contributed by atoms with Gasteiger partial charge in [0.25, 0.3) is 11.8 Å². The van der Waals surface area contributed by atoms with Crippen LogP contribution in [0.4, 0.5) is 0 Å². The second kappa shape index (κ2) is 9.24. The van der Waals surface area contributed by atoms with E-state index >= 15 is 0 Å². The molecule has 2 amide bonds. The van der Waals surface area contributed by atoms with Crippen LogP contribution in [0.2, 0.25) is 0 Å². The molecule has 2 rings (SSSR count). The van der Waals surface area contributed by atoms with Crippen molar-refractivity contribution >= 4 is 27.7 Å². The maximum Gasteiger partial charge on any atom is 0.276 e. The lowest BCUT2D eigenvalue weighted by Crippen LogP contribution is -2.44. The van der Waals surface area contributed by atoms with E-state index in [9.17, 15) is 9.59 Å². The predicted octanol–water partition coefficient (Wildman–Crippen LogP) is 3.30. The average molecular weight is 421 g/mol. The van der Waals surface area contributed by atoms with Crippen molar-refractivity contribution in [2.24, 2.45) is 0 Å². The van der Waals surface area contributed by atoms with Crippen LogP contribution in [0.5, 0.6) is 11.5 Å². The van der Waals surface area contributed by atoms with Gasteiger partial charge in [-0.3, -0.25) is 20.4 Å². The molecule has 0 spiro atoms. The molecule has 2 aromatic rings. The maximum absolute atomic E-state index is 12.3. The number of amides is 2. The molecule has 0 heterocycles. The number of rotatable bonds is 6. The Bertz CT molecular complexity index is 808. The molecular weight excluding hydrogens is 400 g/mol. The molecule has 0 fully saturated rings. The molecule has 0 atom stereocenters. The van der Waals surface area contributed by atoms with Crippen molar-refractivity contribution in [3.05, 3.63) is 57.6 Å². The largest absolute Gasteiger partial charge is 0.493 e. The lowest BCUT2D eigenvalue weighted by molar-refractivity contribution is -0.123. The van der Waals surface area contributed by atoms with E-state index in [-0.39, 0.29) is 6.61 Å². The van der Waals surface area contributed by atoms with Crippen molar-refractivity contribution in [2.45, 2.75) is 20.8 Å². The van der Waals surface area contributed by atoms with Crippen molar-refractivity contribution in [1.82, 2.24) is 10.9 Å². The van der Waals surface area contributed by atoms with Crippen molar-refractivity contribution in [3.8, 4) is 11.5 Å². The van der Waals surface area contributed by atoms with E-state index in [1.54, 1.807) is 24.3 Å². The zero-order chi connectivity index (χ0) is 19.1. The van der Waals surface area contributed by atoms with Crippen LogP contribution in [0.15, 0.2) is 40.9 Å². The highest BCUT2D eigenvalue weighted by molar-refractivity contribution is 9.10. The van der Waals surface area contributed by atoms with E-state index in [4.69, 9.17) is 9.47 Å². The molecule has 7 heteroatoms. The third-order valence-electron chi connectivity index (χ3n) is 3.72. The fourth-order valence-electron chi connectivity index (χ4n) is 2.21. The van der Waals surface area contributed by atoms with Gasteiger partial charge in [0.05, 0.1) is 12.2 Å². The minimum atomic E-state index is -0.477. The number of carbonyl (C=O) groups is 2. The number of ether oxygens (including phenoxy) is 2. The number of carbonyl (C=O) groups excluding carboxylic acids is 2. The van der Waals surface area contributed by atoms with Gasteiger partial charge in [0.2, 0.25) is 0 Å². The number of halogens is 1. The SMILES string of the molecule is CCOc1ccc(Br)cc1C(=O)NNC(=O)COc1cccc(C)c1C. The summed E-state index contributed by atoms with van der Waals surface area (Å²) in [7, 11) is 0. The number of hydrogen-bond acceptors (Lipinski definition) is 4. The molecule has 0 unspecified atom stereocenters. The summed E-state index contributed by atoms with van der Waals surface area (Å²) in [6.45, 7) is 5.94. The number of hydrazine groups is 1. The van der Waals surface area contributed by atoms with E-state index in [1.807, 2.05) is 32.9 Å². The molecule has 0 saturated heterocycles. The van der Waals surface area contributed by atoms with Crippen molar-refractivity contribution in [2.75, 3.05) is 13.2 Å². The van der Waals surface area contributed by atoms with E-state index in [0.717, 1.165) is 15.6 Å². The van der Waals surface area contributed by atoms with E-state index < -0.39 is 11.8 Å². The van der Waals surface area contributed by atoms with Crippen LogP contribution in [0.3, 0.4) is 0 Å². The lowest BCUT2D eigenvalue weighted by atomic mass is 10.1. The van der Waals surface area contributed by atoms with Gasteiger partial charge in [0.15, 0.2) is 6.61 Å². The van der Waals surface area contributed by atoms with Crippen LogP contribution in [-0.2, 0) is 4.79 Å². The first-order chi connectivity index (χ1) is 12.4. The molecule has 0 saturated carbocycles. The van der Waals surface area contributed by atoms with Crippen LogP contribution < -0.4 is 20.3 Å². The van der Waals surface area contributed by atoms with Crippen LogP contribution in [0, 0.1) is 13.8 Å². The molecule has 0 bridgehead atoms. The van der Waals surface area contributed by atoms with E-state index in [1.165, 1.54) is 0 Å². The Labute approximate surface area is 161 Å². The average Bonchev–Trinajstić information content (AvgIpc) is 2.62. The summed E-state index contributed by atoms with van der Waals surface area (Å²) in [4.78, 5) is 24.2. The summed E-state index contributed by atoms with van der Waals surface area (Å²) in [5.41, 5.74) is 7.07. The first-order valence-electron chi connectivity index (χ1n) is 8.13. The second-order valence-corrected chi connectivity index (χ2v) is 6.48. The fourth-order valence-corrected chi connectivity index (χ4v) is 2.58. The molecule has 0 aliphatic heterocycles. The van der Waals surface area contributed by atoms with Gasteiger partial charge < -0.3 is 9.47 Å². The van der Waals surface area contributed by atoms with Crippen LogP contribution in [-0.4, -0.2) is 25.0 Å². The highest BCUT2D eigenvalue weighted by Crippen LogP contribution is 2.23. The van der Waals surface area contributed by atoms with Gasteiger partial charge in [-0.1, -0.05) is 28.1 Å². The molecule has 138 valence electrons. The van der Waals surface area contributed by atoms with E-state index in [0.29, 0.717) is 23.7 Å². The topological polar surface area (TPSA) is 76.7 Å². The Morgan fingerprint density at radius 3 is 2.54 bits per heavy atom. The summed E-state index contributed by atoms with van der Waals surface area (Å²) in [5.74, 6) is 0.133. The Hall–Kier alpha value is -2.54. The van der Waals surface area contributed by atoms with Gasteiger partial charge in [0, 0.05) is 4.47 Å². The van der Waals surface area contributed by atoms with Crippen molar-refractivity contribution in [3.63, 3.8) is 0 Å². The summed E-state index contributed by atoms with van der Waals surface area (Å²) in [6.07, 6.45) is 0. The Morgan fingerprint density at radius 2 is 1.81 bits per heavy atom. The maximum atomic E-state index is 12.3. The minimum absolute atomic E-state index is 0.207. The van der Waals surface area contributed by atoms with Gasteiger partial charge >= 0.3 is 0 Å². The van der Waals surface area contributed by atoms with Crippen LogP contribution >= 0.6 is 15.9 Å². The molecule has 0 aliphatic carbocycles. The highest BCUT2D eigenvalue weighted by atomic mass is 79.9. The Morgan fingerprint density at radius 1 is 1.04 bits per heavy atom. The zero-order valence-corrected chi connectivity index (χ0v) is 16.5. The fraction of sp³-hybridized carbons (Fsp3) is 0.263. The molecule has 2 aromatic carbocycles. The molecule has 26 heavy (non-hydrogen) atoms. The number of aryl methyl sites for hydroxylation is 1. The number of hydrogen-bond donors (Lipinski definition) is 2. The zero-order valence-electron chi connectivity index (χ0n) is 14.9. The van der Waals surface area contributed by atoms with Gasteiger partial charge in [-0.2, -0.15) is 0 Å². The molecule has 0 radical (unpaired) electrons. The summed E-state index contributed by atoms with van der Waals surface area (Å²) >= 11 is 3.32. The third kappa shape index (κ3) is 5.23. The standard InChI is InChI=1S/C19H21BrN2O4/c1-4-25-17-9-8-14(20)10-15(17)19(24)22-21-18(23)11-26-16-7-5-6-12(2)13(16)3/h5-10H,4,11H2,1-3H3,(H,21,23)(H,22,24). The number of nitrogens with one attached hydrogen (secondary N) is 2. The van der Waals surface area contributed by atoms with Crippen molar-refractivity contribution < 1.29 is 19.1 Å². The third-order valence-corrected chi connectivity index (χ3v) is 4.21. The summed E-state index contributed by atoms with van der Waals surface area (Å²) < 4.78 is 11.7. The molecule has 0 aliphatic rings. The van der Waals surface area contributed by atoms with Gasteiger partial charge in [0.1, 0.15) is 11.5 Å². The first kappa shape index (κ1) is 19.8. The van der Waals surface area contributed by atoms with Crippen molar-refractivity contribution in [1.29, 1.82) is 0 Å². The van der Waals surface area contributed by atoms with Gasteiger partial charge in [-0.05, 0) is 56.2 Å². The molecule has 2 N–H and O–H groups in total. The van der Waals surface area contributed by atoms with Crippen LogP contribution in [0.1, 0.15) is 28.4 Å². The molecule has 0 aromatic heterocycles. The smallest absolute Gasteiger partial charge is 0.276 e. The minimum Gasteiger partial charge on any atom is -0.493 e. The van der Waals surface area contributed by atoms with E-state index in [2.05, 4.69) is 26.8 Å². The predicted molar refractivity (Wildman–Crippen MR) is 102 cm³/mol. The number of benzene rings is 2. The Kier molecular flexibility index (Phi) is 7.03. The normalized spacial score (nSPS) is 10.2. The quantitative estimate of drug-likeness (QED) is 0.702. The summed E-state index contributed by atoms with van der Waals surface area (Å²) in [6, 6.07) is 10.7. The summed E-state index contributed by atoms with van der Waals surface area (Å²) in [5, 5.41) is 0. The molecular formula is C19H21BrN2O4. The monoisotopic (exact) mass is 420 g/mol. The lowest BCUT2D eigenvalue weighted by Gasteiger charge is -2.13. The van der Waals surface area contributed by atoms with Gasteiger partial charge in [-0.15, -0.1) is 0 Å². The Balaban J connectivity index is 1.92.